The summed E-state index contributed by atoms with van der Waals surface area (Å²) < 4.78 is 38.4. The number of carbonyl (C=O) groups is 1. The molecule has 2 aromatic heterocycles. The van der Waals surface area contributed by atoms with Crippen LogP contribution in [0.1, 0.15) is 100 Å². The molecule has 2 aliphatic heterocycles. The Morgan fingerprint density at radius 2 is 1.80 bits per heavy atom. The second kappa shape index (κ2) is 15.4. The molecule has 1 amide bonds. The summed E-state index contributed by atoms with van der Waals surface area (Å²) in [6.07, 6.45) is 5.66. The van der Waals surface area contributed by atoms with E-state index in [9.17, 15) is 9.90 Å². The van der Waals surface area contributed by atoms with Gasteiger partial charge in [0.25, 0.3) is 0 Å². The highest BCUT2D eigenvalue weighted by molar-refractivity contribution is 6.01. The predicted octanol–water partition coefficient (Wildman–Crippen LogP) is 9.07. The summed E-state index contributed by atoms with van der Waals surface area (Å²) in [5, 5.41) is 15.5. The Kier molecular flexibility index (Phi) is 11.4. The van der Waals surface area contributed by atoms with Gasteiger partial charge >= 0.3 is 6.01 Å². The lowest BCUT2D eigenvalue weighted by Crippen LogP contribution is -2.52. The summed E-state index contributed by atoms with van der Waals surface area (Å²) in [5.41, 5.74) is -0.0398. The number of hydrogen-bond acceptors (Lipinski definition) is 8. The van der Waals surface area contributed by atoms with Gasteiger partial charge in [0.1, 0.15) is 28.6 Å². The number of aromatic nitrogens is 3. The number of carbonyl (C=O) groups excluding carboxylic acids is 1. The summed E-state index contributed by atoms with van der Waals surface area (Å²) in [4.78, 5) is 32.2. The van der Waals surface area contributed by atoms with E-state index in [2.05, 4.69) is 73.6 Å². The fourth-order valence-electron chi connectivity index (χ4n) is 8.52. The van der Waals surface area contributed by atoms with Crippen LogP contribution in [0.4, 0.5) is 14.6 Å². The Morgan fingerprint density at radius 3 is 2.49 bits per heavy atom. The number of piperidine rings is 1. The largest absolute Gasteiger partial charge is 0.508 e. The van der Waals surface area contributed by atoms with Crippen LogP contribution in [0, 0.1) is 34.3 Å². The van der Waals surface area contributed by atoms with E-state index in [-0.39, 0.29) is 51.8 Å². The van der Waals surface area contributed by atoms with Crippen molar-refractivity contribution in [1.82, 2.24) is 25.2 Å². The molecule has 3 atom stereocenters. The quantitative estimate of drug-likeness (QED) is 0.156. The molecule has 0 bridgehead atoms. The molecule has 2 aliphatic rings. The number of rotatable bonds is 11. The van der Waals surface area contributed by atoms with E-state index in [0.717, 1.165) is 45.4 Å². The molecule has 0 saturated carbocycles. The van der Waals surface area contributed by atoms with Crippen molar-refractivity contribution in [2.45, 2.75) is 113 Å². The highest BCUT2D eigenvalue weighted by Gasteiger charge is 2.41. The van der Waals surface area contributed by atoms with E-state index < -0.39 is 17.0 Å². The van der Waals surface area contributed by atoms with E-state index in [1.165, 1.54) is 12.1 Å². The van der Waals surface area contributed by atoms with Gasteiger partial charge in [-0.3, -0.25) is 14.7 Å². The summed E-state index contributed by atoms with van der Waals surface area (Å²) >= 11 is 0. The summed E-state index contributed by atoms with van der Waals surface area (Å²) in [6.45, 7) is 24.5. The Bertz CT molecular complexity index is 2060. The molecule has 4 heterocycles. The number of phenolic OH excluding ortho intramolecular Hbond substituents is 1. The lowest BCUT2D eigenvalue weighted by molar-refractivity contribution is -0.132. The van der Waals surface area contributed by atoms with Crippen LogP contribution in [0.3, 0.4) is 0 Å². The highest BCUT2D eigenvalue weighted by Crippen LogP contribution is 2.40. The lowest BCUT2D eigenvalue weighted by atomic mass is 9.77. The number of hydrogen-bond donors (Lipinski definition) is 2. The number of benzene rings is 2. The van der Waals surface area contributed by atoms with E-state index >= 15 is 8.78 Å². The van der Waals surface area contributed by atoms with Crippen LogP contribution in [-0.2, 0) is 11.2 Å². The molecule has 9 nitrogen and oxygen atoms in total. The first-order valence-electron chi connectivity index (χ1n) is 20.0. The Labute approximate surface area is 325 Å². The number of aromatic hydroxyl groups is 1. The minimum atomic E-state index is -0.674. The molecule has 1 unspecified atom stereocenters. The monoisotopic (exact) mass is 758 g/mol. The molecule has 55 heavy (non-hydrogen) atoms. The number of halogens is 2. The Morgan fingerprint density at radius 1 is 1.05 bits per heavy atom. The predicted molar refractivity (Wildman–Crippen MR) is 217 cm³/mol. The zero-order valence-corrected chi connectivity index (χ0v) is 34.4. The van der Waals surface area contributed by atoms with E-state index in [0.29, 0.717) is 58.5 Å². The average Bonchev–Trinajstić information content (AvgIpc) is 3.60. The molecular formula is C44H60F2N6O3. The zero-order chi connectivity index (χ0) is 40.0. The van der Waals surface area contributed by atoms with E-state index in [1.54, 1.807) is 18.3 Å². The van der Waals surface area contributed by atoms with Crippen molar-refractivity contribution >= 4 is 33.4 Å². The van der Waals surface area contributed by atoms with E-state index in [4.69, 9.17) is 9.72 Å². The van der Waals surface area contributed by atoms with E-state index in [1.807, 2.05) is 20.8 Å². The summed E-state index contributed by atoms with van der Waals surface area (Å²) in [7, 11) is 0. The minimum Gasteiger partial charge on any atom is -0.508 e. The number of nitrogens with zero attached hydrogens (tertiary/aromatic N) is 5. The van der Waals surface area contributed by atoms with Gasteiger partial charge in [0, 0.05) is 54.3 Å². The topological polar surface area (TPSA) is 104 Å². The number of likely N-dealkylation sites (tertiary alicyclic amines) is 1. The van der Waals surface area contributed by atoms with Gasteiger partial charge in [0.2, 0.25) is 5.91 Å². The number of phenols is 1. The first-order chi connectivity index (χ1) is 25.8. The van der Waals surface area contributed by atoms with Gasteiger partial charge in [-0.1, -0.05) is 54.5 Å². The maximum Gasteiger partial charge on any atom is 0.319 e. The average molecular weight is 759 g/mol. The van der Waals surface area contributed by atoms with Gasteiger partial charge in [-0.25, -0.2) is 8.78 Å². The van der Waals surface area contributed by atoms with Crippen molar-refractivity contribution in [1.29, 1.82) is 0 Å². The second-order valence-corrected chi connectivity index (χ2v) is 18.5. The van der Waals surface area contributed by atoms with Crippen molar-refractivity contribution in [3.8, 4) is 23.0 Å². The molecule has 4 aromatic rings. The number of amides is 1. The summed E-state index contributed by atoms with van der Waals surface area (Å²) in [5.74, 6) is 0.142. The number of aryl methyl sites for hydroxylation is 1. The van der Waals surface area contributed by atoms with Crippen LogP contribution in [0.5, 0.6) is 11.8 Å². The second-order valence-electron chi connectivity index (χ2n) is 18.5. The first kappa shape index (κ1) is 40.5. The van der Waals surface area contributed by atoms with Crippen molar-refractivity contribution in [3.63, 3.8) is 0 Å². The Balaban J connectivity index is 1.27. The normalized spacial score (nSPS) is 19.3. The molecule has 2 saturated heterocycles. The van der Waals surface area contributed by atoms with Crippen molar-refractivity contribution < 1.29 is 23.4 Å². The first-order valence-corrected chi connectivity index (χ1v) is 20.0. The molecule has 298 valence electrons. The van der Waals surface area contributed by atoms with Gasteiger partial charge in [-0.2, -0.15) is 9.97 Å². The van der Waals surface area contributed by atoms with Gasteiger partial charge in [-0.05, 0) is 105 Å². The van der Waals surface area contributed by atoms with Crippen LogP contribution >= 0.6 is 0 Å². The third kappa shape index (κ3) is 8.52. The molecule has 6 rings (SSSR count). The van der Waals surface area contributed by atoms with Crippen LogP contribution in [0.25, 0.3) is 32.9 Å². The molecule has 0 spiro atoms. The lowest BCUT2D eigenvalue weighted by Gasteiger charge is -2.42. The van der Waals surface area contributed by atoms with Crippen LogP contribution < -0.4 is 15.0 Å². The van der Waals surface area contributed by atoms with Crippen LogP contribution in [0.15, 0.2) is 30.5 Å². The van der Waals surface area contributed by atoms with Crippen molar-refractivity contribution in [3.05, 3.63) is 47.7 Å². The van der Waals surface area contributed by atoms with Crippen LogP contribution in [0.2, 0.25) is 0 Å². The SMILES string of the molecule is CCc1c(F)ccc2cc(O)cc(-c3ncc4c(N5CCC[C@H](C)C5)nc(OCC5CCN(C(C)(C)CC(C)(C)C(=O)N[C@H](C)C(C)(C)C)C5)nc4c3F)c12. The molecule has 2 N–H and O–H groups in total. The molecule has 2 aromatic carbocycles. The molecule has 0 aliphatic carbocycles. The number of pyridine rings is 1. The zero-order valence-electron chi connectivity index (χ0n) is 34.4. The standard InChI is InChI=1S/C44H60F2N6O3/c1-11-31-34(45)15-14-29-19-30(53)20-32(35(29)31)37-36(46)38-33(21-47-37)39(51-17-12-13-26(2)22-51)50-41(49-38)55-24-28-16-18-52(23-28)44(9,10)25-43(7,8)40(54)48-27(3)42(4,5)6/h14-15,19-21,26-28,53H,11-13,16-18,22-25H2,1-10H3,(H,48,54)/t26-,27+,28?/m0/s1. The van der Waals surface area contributed by atoms with Crippen molar-refractivity contribution in [2.75, 3.05) is 37.7 Å². The van der Waals surface area contributed by atoms with Gasteiger partial charge < -0.3 is 20.1 Å². The molecule has 11 heteroatoms. The fraction of sp³-hybridized carbons (Fsp3) is 0.591. The smallest absolute Gasteiger partial charge is 0.319 e. The maximum absolute atomic E-state index is 17.0. The third-order valence-electron chi connectivity index (χ3n) is 12.1. The minimum absolute atomic E-state index is 0.0190. The molecule has 0 radical (unpaired) electrons. The number of nitrogens with one attached hydrogen (secondary N) is 1. The summed E-state index contributed by atoms with van der Waals surface area (Å²) in [6, 6.07) is 6.10. The molecule has 2 fully saturated rings. The number of fused-ring (bicyclic) bond motifs is 2. The van der Waals surface area contributed by atoms with Crippen LogP contribution in [-0.4, -0.2) is 75.2 Å². The van der Waals surface area contributed by atoms with Gasteiger partial charge in [0.15, 0.2) is 5.82 Å². The third-order valence-corrected chi connectivity index (χ3v) is 12.1. The van der Waals surface area contributed by atoms with Gasteiger partial charge in [-0.15, -0.1) is 0 Å². The van der Waals surface area contributed by atoms with Gasteiger partial charge in [0.05, 0.1) is 12.0 Å². The van der Waals surface area contributed by atoms with Crippen molar-refractivity contribution in [2.24, 2.45) is 22.7 Å². The number of anilines is 1. The Hall–Kier alpha value is -4.12. The highest BCUT2D eigenvalue weighted by atomic mass is 19.1. The number of ether oxygens (including phenoxy) is 1. The molecular weight excluding hydrogens is 699 g/mol. The maximum atomic E-state index is 17.0. The fourth-order valence-corrected chi connectivity index (χ4v) is 8.52.